The summed E-state index contributed by atoms with van der Waals surface area (Å²) >= 11 is 0. The van der Waals surface area contributed by atoms with Crippen LogP contribution in [0.5, 0.6) is 17.2 Å². The summed E-state index contributed by atoms with van der Waals surface area (Å²) in [6, 6.07) is 13.7. The molecule has 1 N–H and O–H groups in total. The summed E-state index contributed by atoms with van der Waals surface area (Å²) in [5.74, 6) is 2.55. The second-order valence-electron chi connectivity index (χ2n) is 6.93. The summed E-state index contributed by atoms with van der Waals surface area (Å²) in [7, 11) is 1.64. The van der Waals surface area contributed by atoms with Crippen LogP contribution in [-0.4, -0.2) is 62.3 Å². The Labute approximate surface area is 164 Å². The molecular weight excluding hydrogens is 358 g/mol. The number of piperazine rings is 1. The Balaban J connectivity index is 1.22. The van der Waals surface area contributed by atoms with Crippen molar-refractivity contribution < 1.29 is 19.0 Å². The van der Waals surface area contributed by atoms with Gasteiger partial charge in [-0.1, -0.05) is 6.07 Å². The molecule has 1 saturated heterocycles. The Bertz CT molecular complexity index is 817. The van der Waals surface area contributed by atoms with Gasteiger partial charge in [0, 0.05) is 38.4 Å². The second kappa shape index (κ2) is 8.39. The van der Waals surface area contributed by atoms with Gasteiger partial charge in [-0.2, -0.15) is 0 Å². The Morgan fingerprint density at radius 2 is 1.79 bits per heavy atom. The Hall–Kier alpha value is -2.93. The number of nitrogens with one attached hydrogen (secondary N) is 1. The van der Waals surface area contributed by atoms with E-state index in [9.17, 15) is 4.79 Å². The smallest absolute Gasteiger partial charge is 0.241 e. The normalized spacial score (nSPS) is 16.1. The van der Waals surface area contributed by atoms with Gasteiger partial charge in [-0.25, -0.2) is 0 Å². The molecule has 0 radical (unpaired) electrons. The molecule has 2 aromatic rings. The van der Waals surface area contributed by atoms with Gasteiger partial charge in [0.25, 0.3) is 0 Å². The van der Waals surface area contributed by atoms with E-state index in [0.717, 1.165) is 55.7 Å². The van der Waals surface area contributed by atoms with Crippen LogP contribution in [0.2, 0.25) is 0 Å². The number of ether oxygens (including phenoxy) is 3. The number of fused-ring (bicyclic) bond motifs is 1. The fraction of sp³-hybridized carbons (Fsp3) is 0.381. The van der Waals surface area contributed by atoms with E-state index in [4.69, 9.17) is 14.2 Å². The van der Waals surface area contributed by atoms with Crippen molar-refractivity contribution in [2.24, 2.45) is 0 Å². The fourth-order valence-electron chi connectivity index (χ4n) is 3.45. The van der Waals surface area contributed by atoms with E-state index in [1.807, 2.05) is 41.3 Å². The van der Waals surface area contributed by atoms with Crippen LogP contribution in [0.25, 0.3) is 0 Å². The van der Waals surface area contributed by atoms with Gasteiger partial charge in [0.1, 0.15) is 5.75 Å². The van der Waals surface area contributed by atoms with Crippen LogP contribution in [0.3, 0.4) is 0 Å². The van der Waals surface area contributed by atoms with E-state index in [1.54, 1.807) is 7.11 Å². The maximum atomic E-state index is 12.5. The lowest BCUT2D eigenvalue weighted by Crippen LogP contribution is -2.49. The lowest BCUT2D eigenvalue weighted by Gasteiger charge is -2.35. The van der Waals surface area contributed by atoms with Crippen LogP contribution in [-0.2, 0) is 11.3 Å². The van der Waals surface area contributed by atoms with Gasteiger partial charge >= 0.3 is 0 Å². The molecule has 2 aromatic carbocycles. The molecule has 2 aliphatic rings. The maximum Gasteiger partial charge on any atom is 0.241 e. The summed E-state index contributed by atoms with van der Waals surface area (Å²) in [5.41, 5.74) is 2.11. The van der Waals surface area contributed by atoms with Crippen molar-refractivity contribution in [2.45, 2.75) is 6.54 Å². The van der Waals surface area contributed by atoms with Crippen molar-refractivity contribution in [2.75, 3.05) is 51.9 Å². The van der Waals surface area contributed by atoms with Gasteiger partial charge in [0.05, 0.1) is 13.7 Å². The highest BCUT2D eigenvalue weighted by Crippen LogP contribution is 2.32. The molecule has 1 amide bonds. The number of anilines is 1. The summed E-state index contributed by atoms with van der Waals surface area (Å²) in [6.07, 6.45) is 0. The summed E-state index contributed by atoms with van der Waals surface area (Å²) in [5, 5.41) is 3.18. The number of nitrogens with zero attached hydrogens (tertiary/aromatic N) is 2. The zero-order valence-corrected chi connectivity index (χ0v) is 16.0. The fourth-order valence-corrected chi connectivity index (χ4v) is 3.45. The summed E-state index contributed by atoms with van der Waals surface area (Å²) < 4.78 is 15.9. The largest absolute Gasteiger partial charge is 0.497 e. The van der Waals surface area contributed by atoms with Crippen molar-refractivity contribution in [1.29, 1.82) is 0 Å². The first-order valence-electron chi connectivity index (χ1n) is 9.48. The molecular formula is C21H25N3O4. The molecule has 0 aliphatic carbocycles. The van der Waals surface area contributed by atoms with Gasteiger partial charge in [0.2, 0.25) is 12.7 Å². The zero-order valence-electron chi connectivity index (χ0n) is 16.0. The van der Waals surface area contributed by atoms with Crippen LogP contribution >= 0.6 is 0 Å². The molecule has 148 valence electrons. The van der Waals surface area contributed by atoms with Crippen LogP contribution in [0.1, 0.15) is 5.56 Å². The van der Waals surface area contributed by atoms with Crippen LogP contribution in [0.15, 0.2) is 42.5 Å². The highest BCUT2D eigenvalue weighted by Gasteiger charge is 2.21. The van der Waals surface area contributed by atoms with Crippen molar-refractivity contribution in [3.8, 4) is 17.2 Å². The third-order valence-electron chi connectivity index (χ3n) is 5.10. The summed E-state index contributed by atoms with van der Waals surface area (Å²) in [6.45, 7) is 4.66. The van der Waals surface area contributed by atoms with Crippen molar-refractivity contribution in [3.05, 3.63) is 48.0 Å². The number of carbonyl (C=O) groups is 1. The van der Waals surface area contributed by atoms with Crippen molar-refractivity contribution in [1.82, 2.24) is 9.80 Å². The lowest BCUT2D eigenvalue weighted by molar-refractivity contribution is -0.131. The molecule has 0 bridgehead atoms. The number of methoxy groups -OCH3 is 1. The van der Waals surface area contributed by atoms with E-state index < -0.39 is 0 Å². The Morgan fingerprint density at radius 1 is 1.04 bits per heavy atom. The molecule has 7 nitrogen and oxygen atoms in total. The maximum absolute atomic E-state index is 12.5. The first kappa shape index (κ1) is 18.4. The molecule has 0 saturated carbocycles. The van der Waals surface area contributed by atoms with E-state index in [1.165, 1.54) is 5.56 Å². The van der Waals surface area contributed by atoms with E-state index in [2.05, 4.69) is 16.3 Å². The highest BCUT2D eigenvalue weighted by atomic mass is 16.7. The number of carbonyl (C=O) groups excluding carboxylic acids is 1. The quantitative estimate of drug-likeness (QED) is 0.825. The molecule has 4 rings (SSSR count). The molecule has 28 heavy (non-hydrogen) atoms. The molecule has 0 aromatic heterocycles. The SMILES string of the molecule is COc1ccc(NCC(=O)N2CCN(Cc3ccc4c(c3)OCO4)CC2)cc1. The molecule has 0 spiro atoms. The van der Waals surface area contributed by atoms with Gasteiger partial charge < -0.3 is 24.4 Å². The van der Waals surface area contributed by atoms with Gasteiger partial charge in [0.15, 0.2) is 11.5 Å². The first-order chi connectivity index (χ1) is 13.7. The lowest BCUT2D eigenvalue weighted by atomic mass is 10.1. The molecule has 7 heteroatoms. The van der Waals surface area contributed by atoms with Crippen molar-refractivity contribution in [3.63, 3.8) is 0 Å². The number of hydrogen-bond acceptors (Lipinski definition) is 6. The predicted molar refractivity (Wildman–Crippen MR) is 106 cm³/mol. The average molecular weight is 383 g/mol. The molecule has 1 fully saturated rings. The number of amides is 1. The van der Waals surface area contributed by atoms with E-state index >= 15 is 0 Å². The zero-order chi connectivity index (χ0) is 19.3. The van der Waals surface area contributed by atoms with E-state index in [-0.39, 0.29) is 5.91 Å². The van der Waals surface area contributed by atoms with Crippen LogP contribution in [0, 0.1) is 0 Å². The van der Waals surface area contributed by atoms with Crippen molar-refractivity contribution >= 4 is 11.6 Å². The molecule has 2 aliphatic heterocycles. The standard InChI is InChI=1S/C21H25N3O4/c1-26-18-5-3-17(4-6-18)22-13-21(25)24-10-8-23(9-11-24)14-16-2-7-19-20(12-16)28-15-27-19/h2-7,12,22H,8-11,13-15H2,1H3. The molecule has 0 unspecified atom stereocenters. The van der Waals surface area contributed by atoms with Gasteiger partial charge in [-0.15, -0.1) is 0 Å². The third kappa shape index (κ3) is 4.31. The monoisotopic (exact) mass is 383 g/mol. The minimum Gasteiger partial charge on any atom is -0.497 e. The van der Waals surface area contributed by atoms with E-state index in [0.29, 0.717) is 13.3 Å². The number of hydrogen-bond donors (Lipinski definition) is 1. The van der Waals surface area contributed by atoms with Gasteiger partial charge in [-0.05, 0) is 42.0 Å². The average Bonchev–Trinajstić information content (AvgIpc) is 3.21. The minimum absolute atomic E-state index is 0.124. The first-order valence-corrected chi connectivity index (χ1v) is 9.48. The predicted octanol–water partition coefficient (Wildman–Crippen LogP) is 2.18. The topological polar surface area (TPSA) is 63.3 Å². The second-order valence-corrected chi connectivity index (χ2v) is 6.93. The summed E-state index contributed by atoms with van der Waals surface area (Å²) in [4.78, 5) is 16.8. The highest BCUT2D eigenvalue weighted by molar-refractivity contribution is 5.81. The van der Waals surface area contributed by atoms with Crippen LogP contribution < -0.4 is 19.5 Å². The Morgan fingerprint density at radius 3 is 2.54 bits per heavy atom. The minimum atomic E-state index is 0.124. The van der Waals surface area contributed by atoms with Crippen LogP contribution in [0.4, 0.5) is 5.69 Å². The molecule has 2 heterocycles. The molecule has 0 atom stereocenters. The Kier molecular flexibility index (Phi) is 5.53. The third-order valence-corrected chi connectivity index (χ3v) is 5.10. The van der Waals surface area contributed by atoms with Gasteiger partial charge in [-0.3, -0.25) is 9.69 Å². The number of benzene rings is 2. The number of rotatable bonds is 6.